The fourth-order valence-corrected chi connectivity index (χ4v) is 2.30. The Bertz CT molecular complexity index is 517. The minimum atomic E-state index is 0.585. The summed E-state index contributed by atoms with van der Waals surface area (Å²) in [5.41, 5.74) is 8.11. The molecule has 0 spiro atoms. The number of hydrogen-bond acceptors (Lipinski definition) is 2. The number of nitrogens with two attached hydrogens (primary N) is 1. The first-order chi connectivity index (χ1) is 9.22. The summed E-state index contributed by atoms with van der Waals surface area (Å²) in [7, 11) is 0. The first kappa shape index (κ1) is 13.9. The number of aromatic nitrogens is 2. The predicted molar refractivity (Wildman–Crippen MR) is 81.2 cm³/mol. The van der Waals surface area contributed by atoms with E-state index in [1.807, 2.05) is 30.5 Å². The normalized spacial score (nSPS) is 10.8. The molecule has 2 aromatic rings. The molecule has 0 atom stereocenters. The van der Waals surface area contributed by atoms with Gasteiger partial charge < -0.3 is 10.3 Å². The van der Waals surface area contributed by atoms with Crippen molar-refractivity contribution in [1.82, 2.24) is 9.55 Å². The smallest absolute Gasteiger partial charge is 0.200 e. The van der Waals surface area contributed by atoms with Crippen molar-refractivity contribution in [3.8, 4) is 11.3 Å². The van der Waals surface area contributed by atoms with Gasteiger partial charge in [0.1, 0.15) is 0 Å². The Balaban J connectivity index is 2.15. The maximum Gasteiger partial charge on any atom is 0.200 e. The molecule has 0 fully saturated rings. The Hall–Kier alpha value is -1.48. The zero-order valence-electron chi connectivity index (χ0n) is 11.3. The molecule has 0 bridgehead atoms. The summed E-state index contributed by atoms with van der Waals surface area (Å²) in [6, 6.07) is 7.78. The molecular formula is C15H20ClN3. The Morgan fingerprint density at radius 2 is 1.89 bits per heavy atom. The predicted octanol–water partition coefficient (Wildman–Crippen LogP) is 4.37. The summed E-state index contributed by atoms with van der Waals surface area (Å²) in [5.74, 6) is 0.585. The van der Waals surface area contributed by atoms with Gasteiger partial charge in [0.25, 0.3) is 0 Å². The van der Waals surface area contributed by atoms with Crippen molar-refractivity contribution in [1.29, 1.82) is 0 Å². The molecule has 0 aliphatic carbocycles. The summed E-state index contributed by atoms with van der Waals surface area (Å²) in [4.78, 5) is 4.22. The van der Waals surface area contributed by atoms with Gasteiger partial charge >= 0.3 is 0 Å². The van der Waals surface area contributed by atoms with Crippen molar-refractivity contribution in [2.45, 2.75) is 39.2 Å². The lowest BCUT2D eigenvalue weighted by Gasteiger charge is -2.10. The van der Waals surface area contributed by atoms with E-state index in [4.69, 9.17) is 17.3 Å². The van der Waals surface area contributed by atoms with E-state index in [9.17, 15) is 0 Å². The monoisotopic (exact) mass is 277 g/mol. The molecule has 0 radical (unpaired) electrons. The van der Waals surface area contributed by atoms with Crippen LogP contribution >= 0.6 is 11.6 Å². The molecule has 2 rings (SSSR count). The molecular weight excluding hydrogens is 258 g/mol. The molecule has 4 heteroatoms. The first-order valence-corrected chi connectivity index (χ1v) is 7.17. The van der Waals surface area contributed by atoms with E-state index in [1.54, 1.807) is 0 Å². The van der Waals surface area contributed by atoms with Crippen LogP contribution in [0, 0.1) is 0 Å². The molecule has 1 aromatic heterocycles. The quantitative estimate of drug-likeness (QED) is 0.797. The molecule has 1 heterocycles. The molecule has 19 heavy (non-hydrogen) atoms. The molecule has 3 nitrogen and oxygen atoms in total. The first-order valence-electron chi connectivity index (χ1n) is 6.79. The number of unbranched alkanes of at least 4 members (excludes halogenated alkanes) is 3. The third kappa shape index (κ3) is 3.51. The Morgan fingerprint density at radius 1 is 1.16 bits per heavy atom. The third-order valence-electron chi connectivity index (χ3n) is 3.26. The highest BCUT2D eigenvalue weighted by molar-refractivity contribution is 6.30. The van der Waals surface area contributed by atoms with Gasteiger partial charge in [0.15, 0.2) is 0 Å². The van der Waals surface area contributed by atoms with Crippen LogP contribution in [0.3, 0.4) is 0 Å². The lowest BCUT2D eigenvalue weighted by Crippen LogP contribution is -2.05. The molecule has 0 saturated heterocycles. The molecule has 0 saturated carbocycles. The van der Waals surface area contributed by atoms with Crippen molar-refractivity contribution >= 4 is 17.5 Å². The van der Waals surface area contributed by atoms with Gasteiger partial charge in [0, 0.05) is 11.6 Å². The van der Waals surface area contributed by atoms with Crippen LogP contribution in [0.2, 0.25) is 5.02 Å². The maximum atomic E-state index is 5.95. The molecule has 0 aliphatic rings. The van der Waals surface area contributed by atoms with Crippen LogP contribution in [0.25, 0.3) is 11.3 Å². The van der Waals surface area contributed by atoms with E-state index >= 15 is 0 Å². The van der Waals surface area contributed by atoms with E-state index in [0.29, 0.717) is 5.95 Å². The largest absolute Gasteiger partial charge is 0.369 e. The summed E-state index contributed by atoms with van der Waals surface area (Å²) in [6.45, 7) is 3.13. The van der Waals surface area contributed by atoms with Crippen molar-refractivity contribution in [3.05, 3.63) is 35.5 Å². The van der Waals surface area contributed by atoms with Crippen LogP contribution in [0.4, 0.5) is 5.95 Å². The van der Waals surface area contributed by atoms with Crippen LogP contribution in [0.15, 0.2) is 30.5 Å². The SMILES string of the molecule is CCCCCCn1c(-c2ccc(Cl)cc2)cnc1N. The Morgan fingerprint density at radius 3 is 2.58 bits per heavy atom. The fourth-order valence-electron chi connectivity index (χ4n) is 2.17. The topological polar surface area (TPSA) is 43.8 Å². The summed E-state index contributed by atoms with van der Waals surface area (Å²) in [6.07, 6.45) is 6.70. The number of anilines is 1. The number of rotatable bonds is 6. The summed E-state index contributed by atoms with van der Waals surface area (Å²) in [5, 5.41) is 0.741. The average Bonchev–Trinajstić information content (AvgIpc) is 2.77. The number of nitrogens with zero attached hydrogens (tertiary/aromatic N) is 2. The zero-order chi connectivity index (χ0) is 13.7. The average molecular weight is 278 g/mol. The number of benzene rings is 1. The highest BCUT2D eigenvalue weighted by Crippen LogP contribution is 2.24. The second-order valence-corrected chi connectivity index (χ2v) is 5.16. The van der Waals surface area contributed by atoms with E-state index in [0.717, 1.165) is 29.2 Å². The van der Waals surface area contributed by atoms with Crippen molar-refractivity contribution in [2.75, 3.05) is 5.73 Å². The summed E-state index contributed by atoms with van der Waals surface area (Å²) >= 11 is 5.92. The van der Waals surface area contributed by atoms with Gasteiger partial charge in [-0.1, -0.05) is 49.9 Å². The van der Waals surface area contributed by atoms with Crippen molar-refractivity contribution in [2.24, 2.45) is 0 Å². The highest BCUT2D eigenvalue weighted by Gasteiger charge is 2.09. The highest BCUT2D eigenvalue weighted by atomic mass is 35.5. The minimum absolute atomic E-state index is 0.585. The van der Waals surface area contributed by atoms with Gasteiger partial charge in [-0.15, -0.1) is 0 Å². The van der Waals surface area contributed by atoms with Crippen LogP contribution in [0.1, 0.15) is 32.6 Å². The van der Waals surface area contributed by atoms with E-state index in [-0.39, 0.29) is 0 Å². The molecule has 0 unspecified atom stereocenters. The molecule has 0 aliphatic heterocycles. The van der Waals surface area contributed by atoms with E-state index < -0.39 is 0 Å². The molecule has 0 amide bonds. The number of halogens is 1. The number of hydrogen-bond donors (Lipinski definition) is 1. The van der Waals surface area contributed by atoms with Gasteiger partial charge in [-0.3, -0.25) is 0 Å². The van der Waals surface area contributed by atoms with Gasteiger partial charge in [-0.25, -0.2) is 4.98 Å². The summed E-state index contributed by atoms with van der Waals surface area (Å²) < 4.78 is 2.08. The second kappa shape index (κ2) is 6.62. The van der Waals surface area contributed by atoms with Crippen LogP contribution in [-0.4, -0.2) is 9.55 Å². The van der Waals surface area contributed by atoms with Crippen LogP contribution in [-0.2, 0) is 6.54 Å². The van der Waals surface area contributed by atoms with Gasteiger partial charge in [-0.2, -0.15) is 0 Å². The van der Waals surface area contributed by atoms with Crippen LogP contribution in [0.5, 0.6) is 0 Å². The lowest BCUT2D eigenvalue weighted by atomic mass is 10.1. The Labute approximate surface area is 119 Å². The molecule has 1 aromatic carbocycles. The standard InChI is InChI=1S/C15H20ClN3/c1-2-3-4-5-10-19-14(11-18-15(19)17)12-6-8-13(16)9-7-12/h6-9,11H,2-5,10H2,1H3,(H2,17,18). The number of imidazole rings is 1. The zero-order valence-corrected chi connectivity index (χ0v) is 12.0. The van der Waals surface area contributed by atoms with Crippen molar-refractivity contribution in [3.63, 3.8) is 0 Å². The molecule has 102 valence electrons. The Kier molecular flexibility index (Phi) is 4.86. The van der Waals surface area contributed by atoms with Crippen LogP contribution < -0.4 is 5.73 Å². The van der Waals surface area contributed by atoms with Gasteiger partial charge in [-0.05, 0) is 24.1 Å². The maximum absolute atomic E-state index is 5.95. The second-order valence-electron chi connectivity index (χ2n) is 4.72. The fraction of sp³-hybridized carbons (Fsp3) is 0.400. The van der Waals surface area contributed by atoms with Gasteiger partial charge in [0.2, 0.25) is 5.95 Å². The lowest BCUT2D eigenvalue weighted by molar-refractivity contribution is 0.590. The van der Waals surface area contributed by atoms with E-state index in [1.165, 1.54) is 19.3 Å². The van der Waals surface area contributed by atoms with Gasteiger partial charge in [0.05, 0.1) is 11.9 Å². The number of nitrogen functional groups attached to an aromatic ring is 1. The minimum Gasteiger partial charge on any atom is -0.369 e. The van der Waals surface area contributed by atoms with Crippen molar-refractivity contribution < 1.29 is 0 Å². The van der Waals surface area contributed by atoms with E-state index in [2.05, 4.69) is 16.5 Å². The molecule has 2 N–H and O–H groups in total. The third-order valence-corrected chi connectivity index (χ3v) is 3.51.